The zero-order valence-corrected chi connectivity index (χ0v) is 32.4. The summed E-state index contributed by atoms with van der Waals surface area (Å²) >= 11 is 0. The monoisotopic (exact) mass is 684 g/mol. The number of carbonyl (C=O) groups excluding carboxylic acids is 1. The van der Waals surface area contributed by atoms with E-state index in [1.807, 2.05) is 6.08 Å². The maximum Gasteiger partial charge on any atom is 0.220 e. The van der Waals surface area contributed by atoms with Crippen LogP contribution in [-0.4, -0.2) is 34.9 Å². The average Bonchev–Trinajstić information content (AvgIpc) is 3.10. The van der Waals surface area contributed by atoms with Gasteiger partial charge in [0.05, 0.1) is 18.8 Å². The molecule has 0 aliphatic heterocycles. The Bertz CT molecular complexity index is 827. The predicted molar refractivity (Wildman–Crippen MR) is 216 cm³/mol. The summed E-state index contributed by atoms with van der Waals surface area (Å²) < 4.78 is 0. The van der Waals surface area contributed by atoms with Crippen molar-refractivity contribution in [3.63, 3.8) is 0 Å². The van der Waals surface area contributed by atoms with Crippen LogP contribution < -0.4 is 5.32 Å². The SMILES string of the molecule is CCCC/C=C/CC/C=C/C(O)C(CO)NC(=O)CCCCCCCCCCCCCCCC/C=C\C/C=C\C/C=C\CCCCCCC. The van der Waals surface area contributed by atoms with Crippen molar-refractivity contribution >= 4 is 5.91 Å². The number of unbranched alkanes of at least 4 members (excludes halogenated alkanes) is 22. The van der Waals surface area contributed by atoms with Gasteiger partial charge in [-0.25, -0.2) is 0 Å². The Kier molecular flexibility index (Phi) is 38.9. The second kappa shape index (κ2) is 40.5. The van der Waals surface area contributed by atoms with Gasteiger partial charge in [0, 0.05) is 6.42 Å². The molecule has 4 nitrogen and oxygen atoms in total. The lowest BCUT2D eigenvalue weighted by Crippen LogP contribution is -2.45. The number of aliphatic hydroxyl groups excluding tert-OH is 2. The molecule has 2 atom stereocenters. The lowest BCUT2D eigenvalue weighted by Gasteiger charge is -2.19. The van der Waals surface area contributed by atoms with Crippen molar-refractivity contribution in [2.24, 2.45) is 0 Å². The summed E-state index contributed by atoms with van der Waals surface area (Å²) in [6.45, 7) is 4.20. The minimum Gasteiger partial charge on any atom is -0.394 e. The summed E-state index contributed by atoms with van der Waals surface area (Å²) in [5.74, 6) is -0.0805. The summed E-state index contributed by atoms with van der Waals surface area (Å²) in [5, 5.41) is 22.8. The summed E-state index contributed by atoms with van der Waals surface area (Å²) in [4.78, 5) is 12.3. The van der Waals surface area contributed by atoms with Crippen molar-refractivity contribution in [3.05, 3.63) is 60.8 Å². The van der Waals surface area contributed by atoms with Gasteiger partial charge in [0.15, 0.2) is 0 Å². The van der Waals surface area contributed by atoms with Crippen LogP contribution in [0.15, 0.2) is 60.8 Å². The van der Waals surface area contributed by atoms with E-state index in [4.69, 9.17) is 0 Å². The molecule has 0 aromatic carbocycles. The van der Waals surface area contributed by atoms with E-state index in [0.717, 1.165) is 44.9 Å². The van der Waals surface area contributed by atoms with Crippen molar-refractivity contribution in [3.8, 4) is 0 Å². The molecular formula is C45H81NO3. The van der Waals surface area contributed by atoms with Crippen molar-refractivity contribution in [1.82, 2.24) is 5.32 Å². The van der Waals surface area contributed by atoms with Crippen LogP contribution in [0.4, 0.5) is 0 Å². The van der Waals surface area contributed by atoms with Gasteiger partial charge in [-0.15, -0.1) is 0 Å². The van der Waals surface area contributed by atoms with E-state index in [0.29, 0.717) is 6.42 Å². The summed E-state index contributed by atoms with van der Waals surface area (Å²) in [6.07, 6.45) is 56.3. The highest BCUT2D eigenvalue weighted by Gasteiger charge is 2.17. The normalized spacial score (nSPS) is 13.6. The van der Waals surface area contributed by atoms with Crippen LogP contribution in [0.1, 0.15) is 200 Å². The Morgan fingerprint density at radius 2 is 0.878 bits per heavy atom. The molecule has 0 aromatic heterocycles. The van der Waals surface area contributed by atoms with Crippen molar-refractivity contribution < 1.29 is 15.0 Å². The molecule has 0 bridgehead atoms. The zero-order chi connectivity index (χ0) is 35.7. The molecule has 0 aliphatic carbocycles. The molecule has 0 aliphatic rings. The minimum atomic E-state index is -0.860. The molecule has 2 unspecified atom stereocenters. The minimum absolute atomic E-state index is 0.0805. The molecule has 0 spiro atoms. The topological polar surface area (TPSA) is 69.6 Å². The van der Waals surface area contributed by atoms with Crippen LogP contribution in [0.25, 0.3) is 0 Å². The van der Waals surface area contributed by atoms with E-state index >= 15 is 0 Å². The Balaban J connectivity index is 3.50. The summed E-state index contributed by atoms with van der Waals surface area (Å²) in [5.41, 5.74) is 0. The fourth-order valence-electron chi connectivity index (χ4n) is 5.95. The average molecular weight is 684 g/mol. The molecule has 4 heteroatoms. The largest absolute Gasteiger partial charge is 0.394 e. The first kappa shape index (κ1) is 47.1. The van der Waals surface area contributed by atoms with Gasteiger partial charge < -0.3 is 15.5 Å². The van der Waals surface area contributed by atoms with Crippen LogP contribution in [-0.2, 0) is 4.79 Å². The van der Waals surface area contributed by atoms with Crippen molar-refractivity contribution in [1.29, 1.82) is 0 Å². The molecule has 0 rings (SSSR count). The number of nitrogens with one attached hydrogen (secondary N) is 1. The number of rotatable bonds is 37. The van der Waals surface area contributed by atoms with Gasteiger partial charge in [-0.2, -0.15) is 0 Å². The van der Waals surface area contributed by atoms with E-state index in [9.17, 15) is 15.0 Å². The van der Waals surface area contributed by atoms with E-state index in [1.165, 1.54) is 135 Å². The van der Waals surface area contributed by atoms with Gasteiger partial charge in [-0.3, -0.25) is 4.79 Å². The highest BCUT2D eigenvalue weighted by Crippen LogP contribution is 2.14. The Labute approximate surface area is 305 Å². The van der Waals surface area contributed by atoms with Gasteiger partial charge in [-0.1, -0.05) is 190 Å². The van der Waals surface area contributed by atoms with Gasteiger partial charge >= 0.3 is 0 Å². The van der Waals surface area contributed by atoms with Gasteiger partial charge in [0.2, 0.25) is 5.91 Å². The van der Waals surface area contributed by atoms with Crippen LogP contribution in [0.2, 0.25) is 0 Å². The summed E-state index contributed by atoms with van der Waals surface area (Å²) in [7, 11) is 0. The third-order valence-corrected chi connectivity index (χ3v) is 9.22. The first-order valence-corrected chi connectivity index (χ1v) is 21.0. The molecule has 3 N–H and O–H groups in total. The van der Waals surface area contributed by atoms with Crippen LogP contribution in [0, 0.1) is 0 Å². The number of carbonyl (C=O) groups is 1. The number of aliphatic hydroxyl groups is 2. The standard InChI is InChI=1S/C45H81NO3/c1-3-5-7-9-11-13-14-15-16-17-18-19-20-21-22-23-24-25-26-27-28-29-30-31-32-33-35-37-39-41-45(49)46-43(42-47)44(48)40-38-36-34-12-10-8-6-4-2/h10,12,14-15,17-18,20-21,38,40,43-44,47-48H,3-9,11,13,16,19,22-37,39,41-42H2,1-2H3,(H,46,49)/b12-10+,15-14-,18-17-,21-20-,40-38+. The van der Waals surface area contributed by atoms with Crippen molar-refractivity contribution in [2.45, 2.75) is 212 Å². The molecule has 0 saturated heterocycles. The maximum atomic E-state index is 12.3. The Morgan fingerprint density at radius 1 is 0.490 bits per heavy atom. The van der Waals surface area contributed by atoms with Crippen molar-refractivity contribution in [2.75, 3.05) is 6.61 Å². The van der Waals surface area contributed by atoms with Gasteiger partial charge in [-0.05, 0) is 64.2 Å². The molecule has 49 heavy (non-hydrogen) atoms. The van der Waals surface area contributed by atoms with Gasteiger partial charge in [0.1, 0.15) is 0 Å². The molecule has 0 radical (unpaired) electrons. The lowest BCUT2D eigenvalue weighted by atomic mass is 10.0. The molecule has 1 amide bonds. The molecule has 0 heterocycles. The van der Waals surface area contributed by atoms with Crippen LogP contribution >= 0.6 is 0 Å². The zero-order valence-electron chi connectivity index (χ0n) is 32.4. The third kappa shape index (κ3) is 37.2. The fourth-order valence-corrected chi connectivity index (χ4v) is 5.95. The maximum absolute atomic E-state index is 12.3. The van der Waals surface area contributed by atoms with Gasteiger partial charge in [0.25, 0.3) is 0 Å². The van der Waals surface area contributed by atoms with E-state index in [1.54, 1.807) is 6.08 Å². The van der Waals surface area contributed by atoms with Crippen LogP contribution in [0.3, 0.4) is 0 Å². The number of hydrogen-bond acceptors (Lipinski definition) is 3. The molecule has 0 fully saturated rings. The Hall–Kier alpha value is -1.91. The molecule has 0 aromatic rings. The second-order valence-corrected chi connectivity index (χ2v) is 14.0. The first-order chi connectivity index (χ1) is 24.2. The number of amides is 1. The predicted octanol–water partition coefficient (Wildman–Crippen LogP) is 13.0. The first-order valence-electron chi connectivity index (χ1n) is 21.0. The molecular weight excluding hydrogens is 602 g/mol. The molecule has 284 valence electrons. The highest BCUT2D eigenvalue weighted by molar-refractivity contribution is 5.76. The smallest absolute Gasteiger partial charge is 0.220 e. The van der Waals surface area contributed by atoms with E-state index < -0.39 is 12.1 Å². The highest BCUT2D eigenvalue weighted by atomic mass is 16.3. The van der Waals surface area contributed by atoms with Crippen LogP contribution in [0.5, 0.6) is 0 Å². The lowest BCUT2D eigenvalue weighted by molar-refractivity contribution is -0.123. The summed E-state index contributed by atoms with van der Waals surface area (Å²) in [6, 6.07) is -0.638. The van der Waals surface area contributed by atoms with E-state index in [2.05, 4.69) is 67.8 Å². The second-order valence-electron chi connectivity index (χ2n) is 14.0. The fraction of sp³-hybridized carbons (Fsp3) is 0.756. The van der Waals surface area contributed by atoms with E-state index in [-0.39, 0.29) is 12.5 Å². The molecule has 0 saturated carbocycles. The number of hydrogen-bond donors (Lipinski definition) is 3. The quantitative estimate of drug-likeness (QED) is 0.0451. The number of allylic oxidation sites excluding steroid dienone is 9. The third-order valence-electron chi connectivity index (χ3n) is 9.22. The Morgan fingerprint density at radius 3 is 1.39 bits per heavy atom.